The van der Waals surface area contributed by atoms with Crippen LogP contribution in [0.3, 0.4) is 0 Å². The van der Waals surface area contributed by atoms with Gasteiger partial charge in [-0.15, -0.1) is 0 Å². The summed E-state index contributed by atoms with van der Waals surface area (Å²) in [5, 5.41) is 13.1. The zero-order valence-corrected chi connectivity index (χ0v) is 17.4. The van der Waals surface area contributed by atoms with Crippen LogP contribution in [0.25, 0.3) is 27.5 Å². The molecule has 4 aromatic rings. The molecule has 0 radical (unpaired) electrons. The summed E-state index contributed by atoms with van der Waals surface area (Å²) in [6.07, 6.45) is 10.3. The number of hydrogen-bond donors (Lipinski definition) is 1. The monoisotopic (exact) mass is 385 g/mol. The Kier molecular flexibility index (Phi) is 6.19. The molecule has 1 N–H and O–H groups in total. The topological polar surface area (TPSA) is 25.2 Å². The zero-order valence-electron chi connectivity index (χ0n) is 17.4. The van der Waals surface area contributed by atoms with Crippen molar-refractivity contribution in [1.29, 1.82) is 0 Å². The van der Waals surface area contributed by atoms with E-state index >= 15 is 0 Å². The van der Waals surface area contributed by atoms with Crippen LogP contribution >= 0.6 is 0 Å². The van der Waals surface area contributed by atoms with Crippen LogP contribution in [0.1, 0.15) is 57.4 Å². The molecule has 0 aliphatic rings. The van der Waals surface area contributed by atoms with Gasteiger partial charge in [-0.2, -0.15) is 0 Å². The molecule has 0 amide bonds. The fourth-order valence-electron chi connectivity index (χ4n) is 4.37. The summed E-state index contributed by atoms with van der Waals surface area (Å²) in [5.41, 5.74) is 4.45. The van der Waals surface area contributed by atoms with E-state index in [-0.39, 0.29) is 0 Å². The molecule has 2 heteroatoms. The maximum Gasteiger partial charge on any atom is 0.139 e. The quantitative estimate of drug-likeness (QED) is 0.292. The van der Waals surface area contributed by atoms with Crippen LogP contribution < -0.4 is 0 Å². The second-order valence-electron chi connectivity index (χ2n) is 8.06. The van der Waals surface area contributed by atoms with Gasteiger partial charge in [0.05, 0.1) is 16.7 Å². The first-order chi connectivity index (χ1) is 14.3. The molecule has 0 saturated carbocycles. The summed E-state index contributed by atoms with van der Waals surface area (Å²) in [5.74, 6) is 0.333. The predicted molar refractivity (Wildman–Crippen MR) is 124 cm³/mol. The molecule has 0 atom stereocenters. The molecule has 3 aromatic carbocycles. The van der Waals surface area contributed by atoms with Gasteiger partial charge in [0.25, 0.3) is 0 Å². The van der Waals surface area contributed by atoms with Gasteiger partial charge in [0.2, 0.25) is 0 Å². The van der Waals surface area contributed by atoms with Gasteiger partial charge in [0.15, 0.2) is 0 Å². The third-order valence-electron chi connectivity index (χ3n) is 5.93. The molecule has 0 aliphatic carbocycles. The molecule has 0 bridgehead atoms. The van der Waals surface area contributed by atoms with E-state index in [4.69, 9.17) is 0 Å². The highest BCUT2D eigenvalue weighted by molar-refractivity contribution is 6.09. The molecular formula is C27H31NO. The maximum atomic E-state index is 10.7. The van der Waals surface area contributed by atoms with Gasteiger partial charge >= 0.3 is 0 Å². The number of aromatic nitrogens is 1. The Hall–Kier alpha value is -2.74. The summed E-state index contributed by atoms with van der Waals surface area (Å²) < 4.78 is 2.20. The smallest absolute Gasteiger partial charge is 0.139 e. The fourth-order valence-corrected chi connectivity index (χ4v) is 4.37. The third-order valence-corrected chi connectivity index (χ3v) is 5.93. The SMILES string of the molecule is CCCCCCCCCc1ccc(O)c(-n2c3ccccc3c3ccccc32)c1. The van der Waals surface area contributed by atoms with Crippen molar-refractivity contribution in [3.63, 3.8) is 0 Å². The average molecular weight is 386 g/mol. The van der Waals surface area contributed by atoms with Gasteiger partial charge in [-0.25, -0.2) is 0 Å². The van der Waals surface area contributed by atoms with Crippen molar-refractivity contribution in [2.45, 2.75) is 58.3 Å². The molecular weight excluding hydrogens is 354 g/mol. The van der Waals surface area contributed by atoms with E-state index < -0.39 is 0 Å². The second kappa shape index (κ2) is 9.17. The van der Waals surface area contributed by atoms with Gasteiger partial charge in [-0.1, -0.05) is 87.9 Å². The summed E-state index contributed by atoms with van der Waals surface area (Å²) in [7, 11) is 0. The number of fused-ring (bicyclic) bond motifs is 3. The van der Waals surface area contributed by atoms with E-state index in [0.717, 1.165) is 23.1 Å². The van der Waals surface area contributed by atoms with E-state index in [1.807, 2.05) is 6.07 Å². The van der Waals surface area contributed by atoms with Gasteiger partial charge in [-0.3, -0.25) is 0 Å². The number of phenolic OH excluding ortho intramolecular Hbond substituents is 1. The Morgan fingerprint density at radius 3 is 1.93 bits per heavy atom. The summed E-state index contributed by atoms with van der Waals surface area (Å²) in [6.45, 7) is 2.26. The average Bonchev–Trinajstić information content (AvgIpc) is 3.09. The van der Waals surface area contributed by atoms with Gasteiger partial charge in [0, 0.05) is 10.8 Å². The summed E-state index contributed by atoms with van der Waals surface area (Å²) in [4.78, 5) is 0. The Morgan fingerprint density at radius 2 is 1.28 bits per heavy atom. The van der Waals surface area contributed by atoms with E-state index in [1.54, 1.807) is 0 Å². The third kappa shape index (κ3) is 4.17. The molecule has 29 heavy (non-hydrogen) atoms. The Labute approximate surface area is 173 Å². The first-order valence-corrected chi connectivity index (χ1v) is 11.1. The lowest BCUT2D eigenvalue weighted by molar-refractivity contribution is 0.473. The Bertz CT molecular complexity index is 1040. The summed E-state index contributed by atoms with van der Waals surface area (Å²) in [6, 6.07) is 23.0. The first kappa shape index (κ1) is 19.6. The van der Waals surface area contributed by atoms with Gasteiger partial charge in [-0.05, 0) is 42.7 Å². The molecule has 150 valence electrons. The van der Waals surface area contributed by atoms with Crippen LogP contribution in [0.5, 0.6) is 5.75 Å². The van der Waals surface area contributed by atoms with Crippen LogP contribution in [-0.4, -0.2) is 9.67 Å². The van der Waals surface area contributed by atoms with Gasteiger partial charge in [0.1, 0.15) is 5.75 Å². The number of aryl methyl sites for hydroxylation is 1. The van der Waals surface area contributed by atoms with Crippen molar-refractivity contribution in [2.24, 2.45) is 0 Å². The molecule has 0 fully saturated rings. The molecule has 0 unspecified atom stereocenters. The number of aromatic hydroxyl groups is 1. The number of phenols is 1. The fraction of sp³-hybridized carbons (Fsp3) is 0.333. The Morgan fingerprint density at radius 1 is 0.690 bits per heavy atom. The number of hydrogen-bond acceptors (Lipinski definition) is 1. The number of benzene rings is 3. The van der Waals surface area contributed by atoms with E-state index in [2.05, 4.69) is 72.2 Å². The summed E-state index contributed by atoms with van der Waals surface area (Å²) >= 11 is 0. The molecule has 1 heterocycles. The molecule has 0 aliphatic heterocycles. The lowest BCUT2D eigenvalue weighted by Gasteiger charge is -2.12. The van der Waals surface area contributed by atoms with E-state index in [0.29, 0.717) is 5.75 Å². The molecule has 2 nitrogen and oxygen atoms in total. The largest absolute Gasteiger partial charge is 0.506 e. The lowest BCUT2D eigenvalue weighted by atomic mass is 10.0. The van der Waals surface area contributed by atoms with Crippen molar-refractivity contribution in [3.8, 4) is 11.4 Å². The minimum Gasteiger partial charge on any atom is -0.506 e. The van der Waals surface area contributed by atoms with Gasteiger partial charge < -0.3 is 9.67 Å². The van der Waals surface area contributed by atoms with Crippen molar-refractivity contribution >= 4 is 21.8 Å². The van der Waals surface area contributed by atoms with Crippen molar-refractivity contribution in [3.05, 3.63) is 72.3 Å². The van der Waals surface area contributed by atoms with Crippen molar-refractivity contribution < 1.29 is 5.11 Å². The van der Waals surface area contributed by atoms with Crippen molar-refractivity contribution in [1.82, 2.24) is 4.57 Å². The minimum atomic E-state index is 0.333. The van der Waals surface area contributed by atoms with Crippen LogP contribution in [0, 0.1) is 0 Å². The maximum absolute atomic E-state index is 10.7. The second-order valence-corrected chi connectivity index (χ2v) is 8.06. The van der Waals surface area contributed by atoms with Crippen LogP contribution in [0.2, 0.25) is 0 Å². The van der Waals surface area contributed by atoms with Crippen LogP contribution in [-0.2, 0) is 6.42 Å². The highest BCUT2D eigenvalue weighted by atomic mass is 16.3. The molecule has 4 rings (SSSR count). The molecule has 0 saturated heterocycles. The number of nitrogens with zero attached hydrogens (tertiary/aromatic N) is 1. The van der Waals surface area contributed by atoms with Crippen LogP contribution in [0.15, 0.2) is 66.7 Å². The first-order valence-electron chi connectivity index (χ1n) is 11.1. The van der Waals surface area contributed by atoms with Crippen LogP contribution in [0.4, 0.5) is 0 Å². The standard InChI is InChI=1S/C27H31NO/c1-2-3-4-5-6-7-8-13-21-18-19-27(29)26(20-21)28-24-16-11-9-14-22(24)23-15-10-12-17-25(23)28/h9-12,14-20,29H,2-8,13H2,1H3. The predicted octanol–water partition coefficient (Wildman–Crippen LogP) is 7.78. The highest BCUT2D eigenvalue weighted by Gasteiger charge is 2.14. The van der Waals surface area contributed by atoms with Crippen molar-refractivity contribution in [2.75, 3.05) is 0 Å². The number of para-hydroxylation sites is 2. The zero-order chi connectivity index (χ0) is 20.1. The van der Waals surface area contributed by atoms with E-state index in [9.17, 15) is 5.11 Å². The normalized spacial score (nSPS) is 11.5. The highest BCUT2D eigenvalue weighted by Crippen LogP contribution is 2.35. The minimum absolute atomic E-state index is 0.333. The Balaban J connectivity index is 1.60. The van der Waals surface area contributed by atoms with E-state index in [1.165, 1.54) is 61.3 Å². The molecule has 1 aromatic heterocycles. The lowest BCUT2D eigenvalue weighted by Crippen LogP contribution is -1.96. The molecule has 0 spiro atoms. The number of unbranched alkanes of at least 4 members (excludes halogenated alkanes) is 6. The number of rotatable bonds is 9.